The van der Waals surface area contributed by atoms with Crippen molar-refractivity contribution < 1.29 is 17.9 Å². The van der Waals surface area contributed by atoms with Crippen molar-refractivity contribution in [3.63, 3.8) is 0 Å². The SMILES string of the molecule is NCc1cc(Br)c(OCCSC(F)(F)F)c(Br)c1. The predicted octanol–water partition coefficient (Wildman–Crippen LogP) is 4.30. The molecule has 0 saturated carbocycles. The van der Waals surface area contributed by atoms with Crippen molar-refractivity contribution >= 4 is 43.6 Å². The highest BCUT2D eigenvalue weighted by atomic mass is 79.9. The van der Waals surface area contributed by atoms with E-state index in [1.807, 2.05) is 0 Å². The summed E-state index contributed by atoms with van der Waals surface area (Å²) in [7, 11) is 0. The molecule has 1 rings (SSSR count). The lowest BCUT2D eigenvalue weighted by Crippen LogP contribution is -2.08. The summed E-state index contributed by atoms with van der Waals surface area (Å²) in [6.45, 7) is 0.352. The molecule has 0 heterocycles. The molecule has 102 valence electrons. The van der Waals surface area contributed by atoms with Crippen LogP contribution in [0.3, 0.4) is 0 Å². The summed E-state index contributed by atoms with van der Waals surface area (Å²) in [6.07, 6.45) is 0. The summed E-state index contributed by atoms with van der Waals surface area (Å²) in [5.41, 5.74) is 2.17. The standard InChI is InChI=1S/C10H10Br2F3NOS/c11-7-3-6(5-16)4-8(12)9(7)17-1-2-18-10(13,14)15/h3-4H,1-2,5,16H2. The zero-order valence-corrected chi connectivity index (χ0v) is 13.0. The molecule has 2 nitrogen and oxygen atoms in total. The molecular weight excluding hydrogens is 399 g/mol. The first-order valence-corrected chi connectivity index (χ1v) is 7.42. The fraction of sp³-hybridized carbons (Fsp3) is 0.400. The van der Waals surface area contributed by atoms with Crippen molar-refractivity contribution in [1.29, 1.82) is 0 Å². The summed E-state index contributed by atoms with van der Waals surface area (Å²) in [5, 5.41) is 0. The van der Waals surface area contributed by atoms with Crippen LogP contribution < -0.4 is 10.5 Å². The van der Waals surface area contributed by atoms with Gasteiger partial charge in [-0.25, -0.2) is 0 Å². The molecule has 0 atom stereocenters. The summed E-state index contributed by atoms with van der Waals surface area (Å²) in [4.78, 5) is 0. The number of ether oxygens (including phenoxy) is 1. The molecule has 8 heteroatoms. The molecule has 0 fully saturated rings. The third kappa shape index (κ3) is 5.38. The third-order valence-corrected chi connectivity index (χ3v) is 3.77. The Balaban J connectivity index is 2.57. The number of rotatable bonds is 5. The number of hydrogen-bond acceptors (Lipinski definition) is 3. The van der Waals surface area contributed by atoms with Gasteiger partial charge < -0.3 is 10.5 Å². The summed E-state index contributed by atoms with van der Waals surface area (Å²) in [5.74, 6) is 0.330. The van der Waals surface area contributed by atoms with Crippen LogP contribution in [0.2, 0.25) is 0 Å². The second kappa shape index (κ2) is 7.02. The molecule has 0 spiro atoms. The number of halogens is 5. The quantitative estimate of drug-likeness (QED) is 0.737. The van der Waals surface area contributed by atoms with Crippen molar-refractivity contribution in [1.82, 2.24) is 0 Å². The molecule has 0 aromatic heterocycles. The molecule has 1 aromatic rings. The molecule has 1 aromatic carbocycles. The fourth-order valence-corrected chi connectivity index (χ4v) is 3.08. The van der Waals surface area contributed by atoms with E-state index in [9.17, 15) is 13.2 Å². The van der Waals surface area contributed by atoms with Crippen LogP contribution in [0.1, 0.15) is 5.56 Å². The molecule has 0 aliphatic carbocycles. The van der Waals surface area contributed by atoms with E-state index >= 15 is 0 Å². The number of hydrogen-bond donors (Lipinski definition) is 1. The Morgan fingerprint density at radius 1 is 1.22 bits per heavy atom. The third-order valence-electron chi connectivity index (χ3n) is 1.89. The van der Waals surface area contributed by atoms with Gasteiger partial charge in [-0.1, -0.05) is 0 Å². The fourth-order valence-electron chi connectivity index (χ4n) is 1.17. The van der Waals surface area contributed by atoms with Crippen molar-refractivity contribution in [2.45, 2.75) is 12.1 Å². The average molecular weight is 409 g/mol. The van der Waals surface area contributed by atoms with Gasteiger partial charge in [-0.3, -0.25) is 0 Å². The van der Waals surface area contributed by atoms with Gasteiger partial charge >= 0.3 is 5.51 Å². The second-order valence-electron chi connectivity index (χ2n) is 3.24. The Labute approximate surface area is 124 Å². The zero-order chi connectivity index (χ0) is 13.8. The van der Waals surface area contributed by atoms with E-state index in [2.05, 4.69) is 31.9 Å². The summed E-state index contributed by atoms with van der Waals surface area (Å²) in [6, 6.07) is 3.55. The van der Waals surface area contributed by atoms with E-state index in [-0.39, 0.29) is 24.1 Å². The van der Waals surface area contributed by atoms with E-state index in [0.717, 1.165) is 5.56 Å². The molecule has 0 unspecified atom stereocenters. The van der Waals surface area contributed by atoms with Crippen molar-refractivity contribution in [3.8, 4) is 5.75 Å². The maximum absolute atomic E-state index is 11.9. The number of thioether (sulfide) groups is 1. The summed E-state index contributed by atoms with van der Waals surface area (Å²) < 4.78 is 42.4. The van der Waals surface area contributed by atoms with Gasteiger partial charge in [0.15, 0.2) is 0 Å². The van der Waals surface area contributed by atoms with Gasteiger partial charge in [0.1, 0.15) is 5.75 Å². The predicted molar refractivity (Wildman–Crippen MR) is 73.7 cm³/mol. The van der Waals surface area contributed by atoms with Crippen molar-refractivity contribution in [2.75, 3.05) is 12.4 Å². The number of benzene rings is 1. The molecule has 18 heavy (non-hydrogen) atoms. The maximum atomic E-state index is 11.9. The lowest BCUT2D eigenvalue weighted by atomic mass is 10.2. The number of nitrogens with two attached hydrogens (primary N) is 1. The largest absolute Gasteiger partial charge is 0.490 e. The Morgan fingerprint density at radius 3 is 2.22 bits per heavy atom. The highest BCUT2D eigenvalue weighted by Gasteiger charge is 2.27. The van der Waals surface area contributed by atoms with Crippen LogP contribution in [-0.2, 0) is 6.54 Å². The number of alkyl halides is 3. The smallest absolute Gasteiger partial charge is 0.441 e. The lowest BCUT2D eigenvalue weighted by Gasteiger charge is -2.12. The molecule has 0 aliphatic rings. The molecule has 0 saturated heterocycles. The zero-order valence-electron chi connectivity index (χ0n) is 9.06. The Morgan fingerprint density at radius 2 is 1.78 bits per heavy atom. The van der Waals surface area contributed by atoms with Gasteiger partial charge in [-0.15, -0.1) is 0 Å². The van der Waals surface area contributed by atoms with E-state index in [4.69, 9.17) is 10.5 Å². The first-order valence-electron chi connectivity index (χ1n) is 4.85. The second-order valence-corrected chi connectivity index (χ2v) is 6.10. The van der Waals surface area contributed by atoms with Crippen LogP contribution in [0, 0.1) is 0 Å². The van der Waals surface area contributed by atoms with Crippen molar-refractivity contribution in [3.05, 3.63) is 26.6 Å². The van der Waals surface area contributed by atoms with Gasteiger partial charge in [0.2, 0.25) is 0 Å². The first kappa shape index (κ1) is 16.1. The monoisotopic (exact) mass is 407 g/mol. The Kier molecular flexibility index (Phi) is 6.29. The van der Waals surface area contributed by atoms with E-state index in [1.54, 1.807) is 12.1 Å². The maximum Gasteiger partial charge on any atom is 0.441 e. The van der Waals surface area contributed by atoms with Gasteiger partial charge in [-0.2, -0.15) is 13.2 Å². The Bertz CT molecular complexity index is 392. The van der Waals surface area contributed by atoms with Crippen LogP contribution >= 0.6 is 43.6 Å². The molecule has 2 N–H and O–H groups in total. The van der Waals surface area contributed by atoms with Crippen LogP contribution in [-0.4, -0.2) is 17.9 Å². The normalized spacial score (nSPS) is 11.7. The minimum atomic E-state index is -4.22. The molecule has 0 bridgehead atoms. The highest BCUT2D eigenvalue weighted by Crippen LogP contribution is 2.35. The lowest BCUT2D eigenvalue weighted by molar-refractivity contribution is -0.0329. The summed E-state index contributed by atoms with van der Waals surface area (Å²) >= 11 is 6.48. The van der Waals surface area contributed by atoms with Gasteiger partial charge in [-0.05, 0) is 61.3 Å². The average Bonchev–Trinajstić information content (AvgIpc) is 2.25. The topological polar surface area (TPSA) is 35.2 Å². The molecule has 0 amide bonds. The van der Waals surface area contributed by atoms with Crippen LogP contribution in [0.15, 0.2) is 21.1 Å². The van der Waals surface area contributed by atoms with Crippen molar-refractivity contribution in [2.24, 2.45) is 5.73 Å². The minimum Gasteiger partial charge on any atom is -0.490 e. The molecule has 0 radical (unpaired) electrons. The van der Waals surface area contributed by atoms with E-state index in [1.165, 1.54) is 0 Å². The van der Waals surface area contributed by atoms with Crippen LogP contribution in [0.5, 0.6) is 5.75 Å². The minimum absolute atomic E-state index is 0.0245. The molecular formula is C10H10Br2F3NOS. The van der Waals surface area contributed by atoms with E-state index in [0.29, 0.717) is 21.2 Å². The first-order chi connectivity index (χ1) is 8.33. The highest BCUT2D eigenvalue weighted by molar-refractivity contribution is 9.11. The molecule has 0 aliphatic heterocycles. The Hall–Kier alpha value is 0.0800. The van der Waals surface area contributed by atoms with Gasteiger partial charge in [0.25, 0.3) is 0 Å². The van der Waals surface area contributed by atoms with Gasteiger partial charge in [0.05, 0.1) is 15.6 Å². The van der Waals surface area contributed by atoms with E-state index < -0.39 is 5.51 Å². The van der Waals surface area contributed by atoms with Crippen LogP contribution in [0.4, 0.5) is 13.2 Å². The van der Waals surface area contributed by atoms with Gasteiger partial charge in [0, 0.05) is 12.3 Å². The van der Waals surface area contributed by atoms with Crippen LogP contribution in [0.25, 0.3) is 0 Å².